The largest absolute Gasteiger partial charge is 0.481 e. The lowest BCUT2D eigenvalue weighted by Gasteiger charge is -2.04. The second-order valence-corrected chi connectivity index (χ2v) is 7.38. The number of benzene rings is 1. The molecule has 33 heavy (non-hydrogen) atoms. The average Bonchev–Trinajstić information content (AvgIpc) is 2.74. The van der Waals surface area contributed by atoms with Gasteiger partial charge in [0.05, 0.1) is 11.1 Å². The van der Waals surface area contributed by atoms with E-state index < -0.39 is 23.9 Å². The molecule has 0 amide bonds. The molecule has 0 radical (unpaired) electrons. The van der Waals surface area contributed by atoms with Gasteiger partial charge in [0.25, 0.3) is 0 Å². The van der Waals surface area contributed by atoms with Gasteiger partial charge in [-0.25, -0.2) is 9.59 Å². The SMILES string of the molecule is CC(CCO)CCO.O=C(O)CCCCCCCC(=O)O.O=C(O)c1cccc(C(=O)O)c1. The molecule has 1 aromatic carbocycles. The van der Waals surface area contributed by atoms with Gasteiger partial charge in [0.2, 0.25) is 0 Å². The van der Waals surface area contributed by atoms with Crippen LogP contribution in [0.4, 0.5) is 0 Å². The molecule has 0 fully saturated rings. The molecular formula is C23H36O10. The van der Waals surface area contributed by atoms with E-state index in [1.807, 2.05) is 6.92 Å². The van der Waals surface area contributed by atoms with E-state index >= 15 is 0 Å². The molecule has 1 aromatic rings. The van der Waals surface area contributed by atoms with E-state index in [0.29, 0.717) is 18.8 Å². The first-order chi connectivity index (χ1) is 15.5. The third kappa shape index (κ3) is 22.0. The van der Waals surface area contributed by atoms with Gasteiger partial charge < -0.3 is 30.6 Å². The number of carbonyl (C=O) groups is 4. The van der Waals surface area contributed by atoms with Crippen LogP contribution in [0.25, 0.3) is 0 Å². The zero-order chi connectivity index (χ0) is 25.6. The van der Waals surface area contributed by atoms with Crippen molar-refractivity contribution in [3.05, 3.63) is 35.4 Å². The van der Waals surface area contributed by atoms with Crippen LogP contribution in [0.15, 0.2) is 24.3 Å². The molecular weight excluding hydrogens is 436 g/mol. The Balaban J connectivity index is 0. The second kappa shape index (κ2) is 20.9. The minimum Gasteiger partial charge on any atom is -0.481 e. The van der Waals surface area contributed by atoms with Gasteiger partial charge in [0, 0.05) is 26.1 Å². The average molecular weight is 473 g/mol. The summed E-state index contributed by atoms with van der Waals surface area (Å²) in [6.07, 6.45) is 6.14. The van der Waals surface area contributed by atoms with Gasteiger partial charge in [0.1, 0.15) is 0 Å². The number of aliphatic carboxylic acids is 2. The summed E-state index contributed by atoms with van der Waals surface area (Å²) in [6.45, 7) is 2.49. The molecule has 1 rings (SSSR count). The van der Waals surface area contributed by atoms with Gasteiger partial charge in [-0.2, -0.15) is 0 Å². The Hall–Kier alpha value is -2.98. The van der Waals surface area contributed by atoms with Crippen molar-refractivity contribution in [1.29, 1.82) is 0 Å². The fourth-order valence-electron chi connectivity index (χ4n) is 2.45. The first-order valence-corrected chi connectivity index (χ1v) is 10.8. The monoisotopic (exact) mass is 472 g/mol. The predicted octanol–water partition coefficient (Wildman–Crippen LogP) is 3.36. The number of carboxylic acid groups (broad SMARTS) is 4. The minimum atomic E-state index is -1.13. The molecule has 6 N–H and O–H groups in total. The van der Waals surface area contributed by atoms with Crippen LogP contribution in [0.2, 0.25) is 0 Å². The first-order valence-electron chi connectivity index (χ1n) is 10.8. The number of aliphatic hydroxyl groups excluding tert-OH is 2. The van der Waals surface area contributed by atoms with Crippen molar-refractivity contribution in [3.8, 4) is 0 Å². The van der Waals surface area contributed by atoms with E-state index in [9.17, 15) is 19.2 Å². The number of hydrogen-bond donors (Lipinski definition) is 6. The van der Waals surface area contributed by atoms with Crippen LogP contribution >= 0.6 is 0 Å². The number of rotatable bonds is 14. The van der Waals surface area contributed by atoms with E-state index in [4.69, 9.17) is 30.6 Å². The Bertz CT molecular complexity index is 649. The third-order valence-corrected chi connectivity index (χ3v) is 4.38. The van der Waals surface area contributed by atoms with E-state index in [2.05, 4.69) is 0 Å². The van der Waals surface area contributed by atoms with E-state index in [-0.39, 0.29) is 37.2 Å². The van der Waals surface area contributed by atoms with Crippen LogP contribution < -0.4 is 0 Å². The number of carboxylic acids is 4. The molecule has 0 aliphatic heterocycles. The van der Waals surface area contributed by atoms with E-state index in [0.717, 1.165) is 38.2 Å². The van der Waals surface area contributed by atoms with Crippen LogP contribution in [0.5, 0.6) is 0 Å². The lowest BCUT2D eigenvalue weighted by atomic mass is 10.1. The highest BCUT2D eigenvalue weighted by molar-refractivity contribution is 5.93. The highest BCUT2D eigenvalue weighted by atomic mass is 16.4. The summed E-state index contributed by atoms with van der Waals surface area (Å²) in [5.41, 5.74) is -0.0372. The third-order valence-electron chi connectivity index (χ3n) is 4.38. The molecule has 0 unspecified atom stereocenters. The van der Waals surface area contributed by atoms with Crippen LogP contribution in [0, 0.1) is 5.92 Å². The Morgan fingerprint density at radius 1 is 0.697 bits per heavy atom. The Morgan fingerprint density at radius 3 is 1.36 bits per heavy atom. The Kier molecular flexibility index (Phi) is 20.4. The van der Waals surface area contributed by atoms with Crippen molar-refractivity contribution in [1.82, 2.24) is 0 Å². The molecule has 0 saturated heterocycles. The standard InChI is InChI=1S/C9H16O4.C8H6O4.C6H14O2/c10-8(11)6-4-2-1-3-5-7-9(12)13;9-7(10)5-2-1-3-6(4-5)8(11)12;1-6(2-4-7)3-5-8/h1-7H2,(H,10,11)(H,12,13);1-4H,(H,9,10)(H,11,12);6-8H,2-5H2,1H3. The number of aliphatic hydroxyl groups is 2. The van der Waals surface area contributed by atoms with Crippen LogP contribution in [0.3, 0.4) is 0 Å². The van der Waals surface area contributed by atoms with Crippen LogP contribution in [-0.2, 0) is 9.59 Å². The maximum absolute atomic E-state index is 10.4. The van der Waals surface area contributed by atoms with Gasteiger partial charge in [-0.1, -0.05) is 32.3 Å². The molecule has 10 nitrogen and oxygen atoms in total. The molecule has 0 heterocycles. The summed E-state index contributed by atoms with van der Waals surface area (Å²) >= 11 is 0. The fourth-order valence-corrected chi connectivity index (χ4v) is 2.45. The van der Waals surface area contributed by atoms with Gasteiger partial charge >= 0.3 is 23.9 Å². The number of aromatic carboxylic acids is 2. The summed E-state index contributed by atoms with van der Waals surface area (Å²) < 4.78 is 0. The van der Waals surface area contributed by atoms with Crippen molar-refractivity contribution in [3.63, 3.8) is 0 Å². The lowest BCUT2D eigenvalue weighted by molar-refractivity contribution is -0.138. The summed E-state index contributed by atoms with van der Waals surface area (Å²) in [4.78, 5) is 41.0. The Labute approximate surface area is 193 Å². The Morgan fingerprint density at radius 2 is 1.06 bits per heavy atom. The number of hydrogen-bond acceptors (Lipinski definition) is 6. The highest BCUT2D eigenvalue weighted by Gasteiger charge is 2.06. The second-order valence-electron chi connectivity index (χ2n) is 7.38. The molecule has 0 spiro atoms. The van der Waals surface area contributed by atoms with Crippen molar-refractivity contribution in [2.24, 2.45) is 5.92 Å². The topological polar surface area (TPSA) is 190 Å². The van der Waals surface area contributed by atoms with Gasteiger partial charge in [0.15, 0.2) is 0 Å². The molecule has 0 aliphatic carbocycles. The molecule has 0 aliphatic rings. The molecule has 0 atom stereocenters. The zero-order valence-electron chi connectivity index (χ0n) is 19.0. The maximum atomic E-state index is 10.4. The molecule has 0 saturated carbocycles. The van der Waals surface area contributed by atoms with Crippen molar-refractivity contribution in [2.45, 2.75) is 64.7 Å². The summed E-state index contributed by atoms with van der Waals surface area (Å²) in [5, 5.41) is 50.4. The zero-order valence-corrected chi connectivity index (χ0v) is 19.0. The minimum absolute atomic E-state index is 0.0186. The van der Waals surface area contributed by atoms with Crippen molar-refractivity contribution < 1.29 is 49.8 Å². The summed E-state index contributed by atoms with van der Waals surface area (Å²) in [6, 6.07) is 5.20. The summed E-state index contributed by atoms with van der Waals surface area (Å²) in [7, 11) is 0. The number of unbranched alkanes of at least 4 members (excludes halogenated alkanes) is 4. The predicted molar refractivity (Wildman–Crippen MR) is 121 cm³/mol. The van der Waals surface area contributed by atoms with E-state index in [1.54, 1.807) is 0 Å². The van der Waals surface area contributed by atoms with Crippen molar-refractivity contribution in [2.75, 3.05) is 13.2 Å². The quantitative estimate of drug-likeness (QED) is 0.219. The van der Waals surface area contributed by atoms with Gasteiger partial charge in [-0.3, -0.25) is 9.59 Å². The normalized spacial score (nSPS) is 9.82. The van der Waals surface area contributed by atoms with Crippen molar-refractivity contribution >= 4 is 23.9 Å². The maximum Gasteiger partial charge on any atom is 0.335 e. The summed E-state index contributed by atoms with van der Waals surface area (Å²) in [5.74, 6) is -3.31. The highest BCUT2D eigenvalue weighted by Crippen LogP contribution is 2.07. The first kappa shape index (κ1) is 32.2. The molecule has 188 valence electrons. The van der Waals surface area contributed by atoms with Gasteiger partial charge in [-0.15, -0.1) is 0 Å². The smallest absolute Gasteiger partial charge is 0.335 e. The van der Waals surface area contributed by atoms with Gasteiger partial charge in [-0.05, 0) is 49.8 Å². The fraction of sp³-hybridized carbons (Fsp3) is 0.565. The van der Waals surface area contributed by atoms with Crippen LogP contribution in [0.1, 0.15) is 85.4 Å². The molecule has 0 bridgehead atoms. The van der Waals surface area contributed by atoms with Crippen LogP contribution in [-0.4, -0.2) is 67.7 Å². The van der Waals surface area contributed by atoms with E-state index in [1.165, 1.54) is 18.2 Å². The molecule has 10 heteroatoms. The molecule has 0 aromatic heterocycles. The lowest BCUT2D eigenvalue weighted by Crippen LogP contribution is -2.01.